The Morgan fingerprint density at radius 2 is 1.54 bits per heavy atom. The molecule has 1 aromatic carbocycles. The highest BCUT2D eigenvalue weighted by atomic mass is 16.3. The first-order chi connectivity index (χ1) is 11.6. The molecule has 24 heavy (non-hydrogen) atoms. The average Bonchev–Trinajstić information content (AvgIpc) is 2.83. The van der Waals surface area contributed by atoms with E-state index in [0.29, 0.717) is 24.1 Å². The summed E-state index contributed by atoms with van der Waals surface area (Å²) in [6.07, 6.45) is 9.72. The number of nitrogens with one attached hydrogen (secondary N) is 1. The van der Waals surface area contributed by atoms with Gasteiger partial charge in [0.2, 0.25) is 0 Å². The number of hydrogen-bond donors (Lipinski definition) is 2. The zero-order chi connectivity index (χ0) is 17.0. The first kappa shape index (κ1) is 17.2. The lowest BCUT2D eigenvalue weighted by molar-refractivity contribution is -0.149. The van der Waals surface area contributed by atoms with Crippen LogP contribution in [-0.2, 0) is 15.2 Å². The van der Waals surface area contributed by atoms with Gasteiger partial charge < -0.3 is 10.4 Å². The highest BCUT2D eigenvalue weighted by Crippen LogP contribution is 2.43. The molecule has 0 saturated heterocycles. The minimum atomic E-state index is -1.71. The molecule has 1 amide bonds. The van der Waals surface area contributed by atoms with Gasteiger partial charge in [-0.3, -0.25) is 9.59 Å². The summed E-state index contributed by atoms with van der Waals surface area (Å²) in [5, 5.41) is 14.0. The number of fused-ring (bicyclic) bond motifs is 1. The van der Waals surface area contributed by atoms with E-state index in [-0.39, 0.29) is 5.78 Å². The number of aliphatic hydroxyl groups is 1. The van der Waals surface area contributed by atoms with Gasteiger partial charge in [-0.25, -0.2) is 0 Å². The third kappa shape index (κ3) is 3.25. The Labute approximate surface area is 143 Å². The molecule has 0 spiro atoms. The molecular weight excluding hydrogens is 302 g/mol. The number of anilines is 1. The van der Waals surface area contributed by atoms with Crippen LogP contribution in [0.4, 0.5) is 5.69 Å². The Morgan fingerprint density at radius 1 is 0.917 bits per heavy atom. The topological polar surface area (TPSA) is 66.4 Å². The van der Waals surface area contributed by atoms with Crippen LogP contribution < -0.4 is 5.32 Å². The third-order valence-corrected chi connectivity index (χ3v) is 5.49. The smallest absolute Gasteiger partial charge is 0.261 e. The molecule has 130 valence electrons. The third-order valence-electron chi connectivity index (χ3n) is 5.49. The Balaban J connectivity index is 1.87. The number of Topliss-reactive ketones (excluding diaryl/α,β-unsaturated/α-hetero) is 1. The molecule has 0 radical (unpaired) electrons. The van der Waals surface area contributed by atoms with Gasteiger partial charge in [0.15, 0.2) is 5.60 Å². The van der Waals surface area contributed by atoms with Crippen molar-refractivity contribution in [2.24, 2.45) is 5.92 Å². The molecule has 4 nitrogen and oxygen atoms in total. The van der Waals surface area contributed by atoms with E-state index in [1.165, 1.54) is 25.7 Å². The molecule has 0 aromatic heterocycles. The summed E-state index contributed by atoms with van der Waals surface area (Å²) in [6, 6.07) is 7.18. The number of benzene rings is 1. The van der Waals surface area contributed by atoms with Crippen LogP contribution in [0.3, 0.4) is 0 Å². The molecule has 4 heteroatoms. The zero-order valence-corrected chi connectivity index (χ0v) is 14.2. The van der Waals surface area contributed by atoms with Gasteiger partial charge in [0.05, 0.1) is 5.92 Å². The first-order valence-corrected chi connectivity index (χ1v) is 9.30. The molecule has 1 aliphatic heterocycles. The summed E-state index contributed by atoms with van der Waals surface area (Å²) in [5.41, 5.74) is -0.526. The molecule has 1 heterocycles. The molecule has 1 aromatic rings. The number of carbonyl (C=O) groups excluding carboxylic acids is 2. The van der Waals surface area contributed by atoms with Gasteiger partial charge in [-0.1, -0.05) is 63.1 Å². The molecule has 0 bridgehead atoms. The molecule has 2 atom stereocenters. The summed E-state index contributed by atoms with van der Waals surface area (Å²) in [4.78, 5) is 25.4. The van der Waals surface area contributed by atoms with Crippen molar-refractivity contribution in [1.82, 2.24) is 0 Å². The van der Waals surface area contributed by atoms with Gasteiger partial charge in [0.1, 0.15) is 5.78 Å². The van der Waals surface area contributed by atoms with Gasteiger partial charge in [-0.05, 0) is 18.9 Å². The molecule has 2 N–H and O–H groups in total. The fourth-order valence-electron chi connectivity index (χ4n) is 4.10. The maximum Gasteiger partial charge on any atom is 0.261 e. The molecule has 3 rings (SSSR count). The number of amides is 1. The van der Waals surface area contributed by atoms with E-state index in [1.807, 2.05) is 12.1 Å². The summed E-state index contributed by atoms with van der Waals surface area (Å²) in [5.74, 6) is -1.06. The molecular formula is C20H27NO3. The predicted molar refractivity (Wildman–Crippen MR) is 93.6 cm³/mol. The summed E-state index contributed by atoms with van der Waals surface area (Å²) < 4.78 is 0. The lowest BCUT2D eigenvalue weighted by atomic mass is 9.75. The Hall–Kier alpha value is -1.68. The fraction of sp³-hybridized carbons (Fsp3) is 0.600. The van der Waals surface area contributed by atoms with Crippen molar-refractivity contribution in [3.63, 3.8) is 0 Å². The van der Waals surface area contributed by atoms with Crippen molar-refractivity contribution in [3.8, 4) is 0 Å². The second-order valence-electron chi connectivity index (χ2n) is 7.15. The average molecular weight is 329 g/mol. The number of carbonyl (C=O) groups is 2. The second-order valence-corrected chi connectivity index (χ2v) is 7.15. The van der Waals surface area contributed by atoms with E-state index in [9.17, 15) is 14.7 Å². The van der Waals surface area contributed by atoms with E-state index >= 15 is 0 Å². The van der Waals surface area contributed by atoms with Crippen molar-refractivity contribution in [1.29, 1.82) is 0 Å². The fourth-order valence-corrected chi connectivity index (χ4v) is 4.10. The molecule has 1 fully saturated rings. The zero-order valence-electron chi connectivity index (χ0n) is 14.2. The van der Waals surface area contributed by atoms with Crippen molar-refractivity contribution in [2.75, 3.05) is 5.32 Å². The Bertz CT molecular complexity index is 613. The molecule has 1 saturated carbocycles. The maximum absolute atomic E-state index is 12.8. The van der Waals surface area contributed by atoms with E-state index in [4.69, 9.17) is 0 Å². The standard InChI is InChI=1S/C20H27NO3/c22-18-14-8-6-4-2-1-3-5-7-12-16(18)20(24)15-11-9-10-13-17(15)21-19(20)23/h9-11,13,16,24H,1-8,12,14H2,(H,21,23)/t16-,20-/m0/s1. The van der Waals surface area contributed by atoms with Crippen molar-refractivity contribution in [3.05, 3.63) is 29.8 Å². The van der Waals surface area contributed by atoms with Crippen LogP contribution in [0.5, 0.6) is 0 Å². The van der Waals surface area contributed by atoms with E-state index in [1.54, 1.807) is 12.1 Å². The van der Waals surface area contributed by atoms with E-state index in [0.717, 1.165) is 25.7 Å². The maximum atomic E-state index is 12.8. The van der Waals surface area contributed by atoms with Gasteiger partial charge in [-0.15, -0.1) is 0 Å². The first-order valence-electron chi connectivity index (χ1n) is 9.30. The van der Waals surface area contributed by atoms with Crippen LogP contribution in [0.15, 0.2) is 24.3 Å². The molecule has 0 unspecified atom stereocenters. The van der Waals surface area contributed by atoms with E-state index < -0.39 is 17.4 Å². The predicted octanol–water partition coefficient (Wildman–Crippen LogP) is 3.93. The lowest BCUT2D eigenvalue weighted by Crippen LogP contribution is -2.45. The highest BCUT2D eigenvalue weighted by molar-refractivity contribution is 6.07. The SMILES string of the molecule is O=C1CCCCCCCCCC[C@@H]1[C@]1(O)C(=O)Nc2ccccc21. The van der Waals surface area contributed by atoms with Crippen LogP contribution in [0, 0.1) is 5.92 Å². The normalized spacial score (nSPS) is 29.3. The highest BCUT2D eigenvalue weighted by Gasteiger charge is 2.52. The van der Waals surface area contributed by atoms with Gasteiger partial charge in [0.25, 0.3) is 5.91 Å². The van der Waals surface area contributed by atoms with Crippen LogP contribution in [0.1, 0.15) is 69.8 Å². The van der Waals surface area contributed by atoms with Crippen LogP contribution in [0.2, 0.25) is 0 Å². The minimum Gasteiger partial charge on any atom is -0.375 e. The minimum absolute atomic E-state index is 0.0323. The molecule has 2 aliphatic rings. The number of rotatable bonds is 1. The Morgan fingerprint density at radius 3 is 2.29 bits per heavy atom. The van der Waals surface area contributed by atoms with Gasteiger partial charge in [0, 0.05) is 17.7 Å². The molecule has 1 aliphatic carbocycles. The van der Waals surface area contributed by atoms with E-state index in [2.05, 4.69) is 5.32 Å². The number of para-hydroxylation sites is 1. The monoisotopic (exact) mass is 329 g/mol. The largest absolute Gasteiger partial charge is 0.375 e. The van der Waals surface area contributed by atoms with Crippen molar-refractivity contribution < 1.29 is 14.7 Å². The second kappa shape index (κ2) is 7.47. The summed E-state index contributed by atoms with van der Waals surface area (Å²) in [7, 11) is 0. The summed E-state index contributed by atoms with van der Waals surface area (Å²) >= 11 is 0. The van der Waals surface area contributed by atoms with Crippen LogP contribution in [0.25, 0.3) is 0 Å². The number of hydrogen-bond acceptors (Lipinski definition) is 3. The quantitative estimate of drug-likeness (QED) is 0.820. The van der Waals surface area contributed by atoms with Crippen LogP contribution >= 0.6 is 0 Å². The van der Waals surface area contributed by atoms with Crippen molar-refractivity contribution in [2.45, 2.75) is 69.8 Å². The number of ketones is 1. The van der Waals surface area contributed by atoms with Gasteiger partial charge >= 0.3 is 0 Å². The Kier molecular flexibility index (Phi) is 5.34. The summed E-state index contributed by atoms with van der Waals surface area (Å²) in [6.45, 7) is 0. The van der Waals surface area contributed by atoms with Gasteiger partial charge in [-0.2, -0.15) is 0 Å². The lowest BCUT2D eigenvalue weighted by Gasteiger charge is -2.30. The van der Waals surface area contributed by atoms with Crippen LogP contribution in [-0.4, -0.2) is 16.8 Å². The van der Waals surface area contributed by atoms with Crippen molar-refractivity contribution >= 4 is 17.4 Å².